The third-order valence-electron chi connectivity index (χ3n) is 6.49. The van der Waals surface area contributed by atoms with Gasteiger partial charge in [-0.1, -0.05) is 35.9 Å². The molecule has 0 amide bonds. The number of carbonyl (C=O) groups is 1. The number of hydrogen-bond acceptors (Lipinski definition) is 7. The molecule has 186 valence electrons. The van der Waals surface area contributed by atoms with Crippen molar-refractivity contribution in [1.82, 2.24) is 14.2 Å². The minimum Gasteiger partial charge on any atom is -0.384 e. The molecule has 10 heteroatoms. The normalized spacial score (nSPS) is 18.4. The number of fused-ring (bicyclic) bond motifs is 2. The van der Waals surface area contributed by atoms with E-state index in [-0.39, 0.29) is 13.1 Å². The second kappa shape index (κ2) is 9.91. The van der Waals surface area contributed by atoms with E-state index in [0.29, 0.717) is 28.8 Å². The van der Waals surface area contributed by atoms with Gasteiger partial charge in [-0.15, -0.1) is 17.9 Å². The highest BCUT2D eigenvalue weighted by atomic mass is 35.5. The van der Waals surface area contributed by atoms with Crippen LogP contribution in [0.5, 0.6) is 0 Å². The summed E-state index contributed by atoms with van der Waals surface area (Å²) in [6, 6.07) is 16.4. The number of sulfonamides is 1. The van der Waals surface area contributed by atoms with E-state index in [0.717, 1.165) is 32.8 Å². The lowest BCUT2D eigenvalue weighted by Crippen LogP contribution is -2.55. The molecular weight excluding hydrogens is 516 g/mol. The van der Waals surface area contributed by atoms with E-state index < -0.39 is 21.3 Å². The molecule has 7 nitrogen and oxygen atoms in total. The molecule has 4 aromatic rings. The first-order valence-corrected chi connectivity index (χ1v) is 14.1. The predicted octanol–water partition coefficient (Wildman–Crippen LogP) is 4.63. The van der Waals surface area contributed by atoms with Crippen LogP contribution in [-0.4, -0.2) is 54.6 Å². The highest BCUT2D eigenvalue weighted by Gasteiger charge is 2.38. The minimum atomic E-state index is -3.77. The molecule has 2 N–H and O–H groups in total. The van der Waals surface area contributed by atoms with Crippen molar-refractivity contribution in [2.75, 3.05) is 25.4 Å². The molecule has 2 aromatic carbocycles. The lowest BCUT2D eigenvalue weighted by atomic mass is 10.1. The predicted molar refractivity (Wildman–Crippen MR) is 147 cm³/mol. The summed E-state index contributed by atoms with van der Waals surface area (Å²) in [5.41, 5.74) is 7.59. The number of anilines is 1. The Morgan fingerprint density at radius 3 is 2.69 bits per heavy atom. The number of aldehydes is 1. The number of aromatic nitrogens is 1. The van der Waals surface area contributed by atoms with Crippen LogP contribution in [-0.2, 0) is 21.4 Å². The second-order valence-electron chi connectivity index (χ2n) is 8.83. The van der Waals surface area contributed by atoms with Crippen molar-refractivity contribution >= 4 is 66.1 Å². The molecule has 5 rings (SSSR count). The summed E-state index contributed by atoms with van der Waals surface area (Å²) in [6.07, 6.45) is 2.28. The van der Waals surface area contributed by atoms with Crippen molar-refractivity contribution in [1.29, 1.82) is 0 Å². The molecule has 2 atom stereocenters. The first kappa shape index (κ1) is 24.9. The largest absolute Gasteiger partial charge is 0.384 e. The summed E-state index contributed by atoms with van der Waals surface area (Å²) in [6.45, 7) is 5.11. The van der Waals surface area contributed by atoms with E-state index in [9.17, 15) is 13.2 Å². The smallest absolute Gasteiger partial charge is 0.225 e. The zero-order valence-electron chi connectivity index (χ0n) is 19.4. The van der Waals surface area contributed by atoms with Crippen LogP contribution in [0.3, 0.4) is 0 Å². The SMILES string of the molecule is C=CC(c1cc2ccc(Cl)cc2s1)S(=O)(=O)N1CCN(Cc2ccc3ccc(N)nc3c2)C(C=O)C1. The van der Waals surface area contributed by atoms with E-state index in [2.05, 4.69) is 11.6 Å². The maximum absolute atomic E-state index is 13.6. The molecule has 1 aliphatic heterocycles. The van der Waals surface area contributed by atoms with Gasteiger partial charge in [0.05, 0.1) is 11.6 Å². The van der Waals surface area contributed by atoms with Crippen molar-refractivity contribution in [3.8, 4) is 0 Å². The molecule has 0 spiro atoms. The third kappa shape index (κ3) is 4.77. The van der Waals surface area contributed by atoms with Crippen LogP contribution in [0.1, 0.15) is 15.7 Å². The molecule has 2 aromatic heterocycles. The maximum Gasteiger partial charge on any atom is 0.225 e. The average molecular weight is 541 g/mol. The Kier molecular flexibility index (Phi) is 6.84. The Hall–Kier alpha value is -2.82. The van der Waals surface area contributed by atoms with Crippen LogP contribution in [0.25, 0.3) is 21.0 Å². The lowest BCUT2D eigenvalue weighted by molar-refractivity contribution is -0.114. The molecule has 0 saturated carbocycles. The van der Waals surface area contributed by atoms with Crippen LogP contribution in [0.15, 0.2) is 67.3 Å². The second-order valence-corrected chi connectivity index (χ2v) is 12.4. The Bertz CT molecular complexity index is 1570. The zero-order valence-corrected chi connectivity index (χ0v) is 21.8. The summed E-state index contributed by atoms with van der Waals surface area (Å²) in [5.74, 6) is 0.447. The fourth-order valence-corrected chi connectivity index (χ4v) is 8.05. The van der Waals surface area contributed by atoms with Crippen LogP contribution < -0.4 is 5.73 Å². The first-order valence-electron chi connectivity index (χ1n) is 11.4. The number of halogens is 1. The molecule has 0 aliphatic carbocycles. The average Bonchev–Trinajstić information content (AvgIpc) is 3.26. The van der Waals surface area contributed by atoms with Gasteiger partial charge in [-0.3, -0.25) is 4.90 Å². The van der Waals surface area contributed by atoms with Crippen molar-refractivity contribution in [3.63, 3.8) is 0 Å². The number of rotatable bonds is 7. The highest BCUT2D eigenvalue weighted by Crippen LogP contribution is 2.37. The zero-order chi connectivity index (χ0) is 25.4. The van der Waals surface area contributed by atoms with Crippen LogP contribution in [0, 0.1) is 0 Å². The van der Waals surface area contributed by atoms with Crippen molar-refractivity contribution in [3.05, 3.63) is 82.7 Å². The Morgan fingerprint density at radius 2 is 1.92 bits per heavy atom. The minimum absolute atomic E-state index is 0.0890. The molecule has 1 saturated heterocycles. The summed E-state index contributed by atoms with van der Waals surface area (Å²) < 4.78 is 29.6. The summed E-state index contributed by atoms with van der Waals surface area (Å²) in [5, 5.41) is 1.62. The molecular formula is C26H25ClN4O3S2. The summed E-state index contributed by atoms with van der Waals surface area (Å²) in [4.78, 5) is 19.1. The van der Waals surface area contributed by atoms with Gasteiger partial charge in [0.1, 0.15) is 17.4 Å². The third-order valence-corrected chi connectivity index (χ3v) is 10.2. The first-order chi connectivity index (χ1) is 17.3. The van der Waals surface area contributed by atoms with Crippen molar-refractivity contribution in [2.45, 2.75) is 17.8 Å². The topological polar surface area (TPSA) is 96.6 Å². The Morgan fingerprint density at radius 1 is 1.14 bits per heavy atom. The quantitative estimate of drug-likeness (QED) is 0.271. The van der Waals surface area contributed by atoms with Crippen molar-refractivity contribution in [2.24, 2.45) is 0 Å². The van der Waals surface area contributed by atoms with E-state index in [1.807, 2.05) is 47.4 Å². The molecule has 2 unspecified atom stereocenters. The highest BCUT2D eigenvalue weighted by molar-refractivity contribution is 7.89. The number of nitrogens with zero attached hydrogens (tertiary/aromatic N) is 3. The van der Waals surface area contributed by atoms with Gasteiger partial charge in [-0.2, -0.15) is 4.31 Å². The number of nitrogen functional groups attached to an aromatic ring is 1. The maximum atomic E-state index is 13.6. The van der Waals surface area contributed by atoms with E-state index in [1.54, 1.807) is 12.1 Å². The number of pyridine rings is 1. The van der Waals surface area contributed by atoms with Gasteiger partial charge in [0.15, 0.2) is 0 Å². The van der Waals surface area contributed by atoms with Gasteiger partial charge in [0, 0.05) is 46.2 Å². The van der Waals surface area contributed by atoms with Crippen LogP contribution in [0.4, 0.5) is 5.82 Å². The number of carbonyl (C=O) groups excluding carboxylic acids is 1. The Labute approximate surface area is 218 Å². The van der Waals surface area contributed by atoms with E-state index in [4.69, 9.17) is 17.3 Å². The van der Waals surface area contributed by atoms with Gasteiger partial charge >= 0.3 is 0 Å². The molecule has 0 bridgehead atoms. The molecule has 1 fully saturated rings. The van der Waals surface area contributed by atoms with Crippen LogP contribution >= 0.6 is 22.9 Å². The molecule has 3 heterocycles. The lowest BCUT2D eigenvalue weighted by Gasteiger charge is -2.39. The molecule has 36 heavy (non-hydrogen) atoms. The van der Waals surface area contributed by atoms with Gasteiger partial charge in [-0.25, -0.2) is 13.4 Å². The van der Waals surface area contributed by atoms with Crippen molar-refractivity contribution < 1.29 is 13.2 Å². The van der Waals surface area contributed by atoms with Gasteiger partial charge in [-0.05, 0) is 47.3 Å². The van der Waals surface area contributed by atoms with E-state index >= 15 is 0 Å². The van der Waals surface area contributed by atoms with E-state index in [1.165, 1.54) is 21.7 Å². The van der Waals surface area contributed by atoms with Gasteiger partial charge in [0.2, 0.25) is 10.0 Å². The van der Waals surface area contributed by atoms with Gasteiger partial charge < -0.3 is 10.5 Å². The standard InChI is InChI=1S/C26H25ClN4O3S2/c1-2-25(24-12-19-5-7-20(27)13-23(19)35-24)36(33,34)31-10-9-30(21(15-31)16-32)14-17-3-4-18-6-8-26(28)29-22(18)11-17/h2-8,11-13,16,21,25H,1,9-10,14-15H2,(H2,28,29). The monoisotopic (exact) mass is 540 g/mol. The Balaban J connectivity index is 1.35. The number of hydrogen-bond donors (Lipinski definition) is 1. The number of thiophene rings is 1. The number of piperazine rings is 1. The fourth-order valence-electron chi connectivity index (χ4n) is 4.60. The summed E-state index contributed by atoms with van der Waals surface area (Å²) in [7, 11) is -3.77. The number of nitrogens with two attached hydrogens (primary N) is 1. The summed E-state index contributed by atoms with van der Waals surface area (Å²) >= 11 is 7.49. The van der Waals surface area contributed by atoms with Gasteiger partial charge in [0.25, 0.3) is 0 Å². The molecule has 1 aliphatic rings. The number of benzene rings is 2. The van der Waals surface area contributed by atoms with Crippen LogP contribution in [0.2, 0.25) is 5.02 Å². The fraction of sp³-hybridized carbons (Fsp3) is 0.231. The molecule has 0 radical (unpaired) electrons.